The summed E-state index contributed by atoms with van der Waals surface area (Å²) in [5.41, 5.74) is 2.85. The molecule has 1 fully saturated rings. The van der Waals surface area contributed by atoms with Crippen LogP contribution in [0.4, 0.5) is 0 Å². The molecule has 3 aliphatic heterocycles. The zero-order valence-electron chi connectivity index (χ0n) is 16.4. The third-order valence-corrected chi connectivity index (χ3v) is 7.98. The van der Waals surface area contributed by atoms with Crippen molar-refractivity contribution < 1.29 is 22.7 Å². The van der Waals surface area contributed by atoms with E-state index in [0.29, 0.717) is 47.3 Å². The molecule has 8 heteroatoms. The fourth-order valence-electron chi connectivity index (χ4n) is 4.30. The number of carbonyl (C=O) groups is 1. The molecule has 0 aliphatic carbocycles. The van der Waals surface area contributed by atoms with Crippen LogP contribution < -0.4 is 9.47 Å². The Morgan fingerprint density at radius 3 is 2.77 bits per heavy atom. The zero-order chi connectivity index (χ0) is 21.0. The van der Waals surface area contributed by atoms with Crippen molar-refractivity contribution in [1.29, 1.82) is 0 Å². The summed E-state index contributed by atoms with van der Waals surface area (Å²) in [6.07, 6.45) is 2.26. The van der Waals surface area contributed by atoms with Crippen LogP contribution in [0.3, 0.4) is 0 Å². The van der Waals surface area contributed by atoms with Crippen molar-refractivity contribution in [2.45, 2.75) is 25.9 Å². The average molecular weight is 446 g/mol. The van der Waals surface area contributed by atoms with Gasteiger partial charge >= 0.3 is 0 Å². The van der Waals surface area contributed by atoms with Crippen LogP contribution in [0.15, 0.2) is 36.1 Å². The van der Waals surface area contributed by atoms with Gasteiger partial charge in [-0.1, -0.05) is 29.8 Å². The predicted molar refractivity (Wildman–Crippen MR) is 114 cm³/mol. The van der Waals surface area contributed by atoms with Crippen molar-refractivity contribution >= 4 is 33.3 Å². The van der Waals surface area contributed by atoms with Crippen LogP contribution in [-0.2, 0) is 16.4 Å². The third-order valence-electron chi connectivity index (χ3n) is 5.88. The number of carbonyl (C=O) groups excluding carboxylic acids is 1. The highest BCUT2D eigenvalue weighted by molar-refractivity contribution is 7.91. The third kappa shape index (κ3) is 3.31. The maximum absolute atomic E-state index is 13.0. The summed E-state index contributed by atoms with van der Waals surface area (Å²) in [7, 11) is -2.98. The Labute approximate surface area is 180 Å². The van der Waals surface area contributed by atoms with Gasteiger partial charge in [-0.25, -0.2) is 8.42 Å². The number of sulfone groups is 1. The van der Waals surface area contributed by atoms with Crippen molar-refractivity contribution in [3.63, 3.8) is 0 Å². The second kappa shape index (κ2) is 7.11. The van der Waals surface area contributed by atoms with Gasteiger partial charge in [0.25, 0.3) is 0 Å². The van der Waals surface area contributed by atoms with Crippen LogP contribution in [0.25, 0.3) is 6.08 Å². The molecule has 5 rings (SSSR count). The van der Waals surface area contributed by atoms with E-state index >= 15 is 0 Å². The van der Waals surface area contributed by atoms with Crippen LogP contribution in [0.5, 0.6) is 11.5 Å². The van der Waals surface area contributed by atoms with E-state index in [1.165, 1.54) is 0 Å². The minimum atomic E-state index is -2.98. The van der Waals surface area contributed by atoms with Crippen LogP contribution >= 0.6 is 11.6 Å². The highest BCUT2D eigenvalue weighted by atomic mass is 35.5. The summed E-state index contributed by atoms with van der Waals surface area (Å²) in [6.45, 7) is 2.74. The average Bonchev–Trinajstić information content (AvgIpc) is 3.23. The number of halogens is 1. The van der Waals surface area contributed by atoms with Gasteiger partial charge in [0.2, 0.25) is 5.78 Å². The van der Waals surface area contributed by atoms with Gasteiger partial charge in [-0.05, 0) is 37.1 Å². The first-order chi connectivity index (χ1) is 14.3. The van der Waals surface area contributed by atoms with Crippen LogP contribution in [-0.4, -0.2) is 43.4 Å². The summed E-state index contributed by atoms with van der Waals surface area (Å²) in [6, 6.07) is 9.01. The first-order valence-corrected chi connectivity index (χ1v) is 11.9. The summed E-state index contributed by atoms with van der Waals surface area (Å²) >= 11 is 6.22. The molecule has 0 spiro atoms. The van der Waals surface area contributed by atoms with E-state index in [1.54, 1.807) is 12.1 Å². The number of Topliss-reactive ketones (excluding diaryl/α,β-unsaturated/α-hetero) is 1. The molecule has 0 aromatic heterocycles. The molecule has 3 aliphatic rings. The molecule has 30 heavy (non-hydrogen) atoms. The van der Waals surface area contributed by atoms with Crippen molar-refractivity contribution in [2.75, 3.05) is 18.2 Å². The molecule has 2 aromatic rings. The number of hydrogen-bond donors (Lipinski definition) is 0. The molecule has 0 bridgehead atoms. The number of fused-ring (bicyclic) bond motifs is 2. The molecule has 1 unspecified atom stereocenters. The number of ketones is 1. The molecular weight excluding hydrogens is 426 g/mol. The predicted octanol–water partition coefficient (Wildman–Crippen LogP) is 3.60. The molecule has 0 saturated carbocycles. The molecule has 1 atom stereocenters. The van der Waals surface area contributed by atoms with E-state index in [2.05, 4.69) is 0 Å². The first kappa shape index (κ1) is 19.6. The highest BCUT2D eigenvalue weighted by Gasteiger charge is 2.37. The van der Waals surface area contributed by atoms with Gasteiger partial charge in [-0.15, -0.1) is 0 Å². The van der Waals surface area contributed by atoms with Crippen LogP contribution in [0, 0.1) is 6.92 Å². The Bertz CT molecular complexity index is 1200. The Morgan fingerprint density at radius 1 is 1.23 bits per heavy atom. The second-order valence-corrected chi connectivity index (χ2v) is 10.5. The van der Waals surface area contributed by atoms with Gasteiger partial charge in [0.1, 0.15) is 18.2 Å². The quantitative estimate of drug-likeness (QED) is 0.657. The lowest BCUT2D eigenvalue weighted by Crippen LogP contribution is -2.41. The molecular formula is C22H20ClNO5S. The van der Waals surface area contributed by atoms with E-state index in [1.807, 2.05) is 36.1 Å². The first-order valence-electron chi connectivity index (χ1n) is 9.75. The Balaban J connectivity index is 1.46. The molecule has 3 heterocycles. The Kier molecular flexibility index (Phi) is 4.65. The molecule has 0 amide bonds. The monoisotopic (exact) mass is 445 g/mol. The van der Waals surface area contributed by atoms with Crippen molar-refractivity contribution in [1.82, 2.24) is 4.90 Å². The molecule has 2 aromatic carbocycles. The fraction of sp³-hybridized carbons (Fsp3) is 0.318. The van der Waals surface area contributed by atoms with Crippen molar-refractivity contribution in [3.05, 3.63) is 63.4 Å². The zero-order valence-corrected chi connectivity index (χ0v) is 17.9. The van der Waals surface area contributed by atoms with E-state index in [-0.39, 0.29) is 29.1 Å². The van der Waals surface area contributed by atoms with Gasteiger partial charge in [0.05, 0.1) is 17.1 Å². The standard InChI is InChI=1S/C22H20ClNO5S/c1-13-21-15(10-24(12-28-21)16-6-7-30(26,27)11-16)8-17-20(25)19(29-22(13)17)9-14-4-2-3-5-18(14)23/h2-5,8-9,16H,6-7,10-12H2,1H3/b19-9-. The van der Waals surface area contributed by atoms with E-state index in [0.717, 1.165) is 11.1 Å². The summed E-state index contributed by atoms with van der Waals surface area (Å²) in [5.74, 6) is 1.61. The van der Waals surface area contributed by atoms with Crippen molar-refractivity contribution in [3.8, 4) is 11.5 Å². The number of benzene rings is 2. The molecule has 1 saturated heterocycles. The van der Waals surface area contributed by atoms with Gasteiger partial charge in [0, 0.05) is 28.7 Å². The van der Waals surface area contributed by atoms with Gasteiger partial charge < -0.3 is 9.47 Å². The van der Waals surface area contributed by atoms with Gasteiger partial charge in [-0.3, -0.25) is 9.69 Å². The number of allylic oxidation sites excluding steroid dienone is 1. The smallest absolute Gasteiger partial charge is 0.231 e. The molecule has 156 valence electrons. The lowest BCUT2D eigenvalue weighted by molar-refractivity contribution is 0.0637. The highest BCUT2D eigenvalue weighted by Crippen LogP contribution is 2.43. The molecule has 0 N–H and O–H groups in total. The van der Waals surface area contributed by atoms with E-state index in [9.17, 15) is 13.2 Å². The van der Waals surface area contributed by atoms with Gasteiger partial charge in [0.15, 0.2) is 15.6 Å². The number of hydrogen-bond acceptors (Lipinski definition) is 6. The lowest BCUT2D eigenvalue weighted by Gasteiger charge is -2.33. The largest absolute Gasteiger partial charge is 0.477 e. The minimum Gasteiger partial charge on any atom is -0.477 e. The van der Waals surface area contributed by atoms with Crippen molar-refractivity contribution in [2.24, 2.45) is 0 Å². The number of ether oxygens (including phenoxy) is 2. The SMILES string of the molecule is Cc1c2c(cc3c1O/C(=C\c1ccccc1Cl)C3=O)CN(C1CCS(=O)(=O)C1)CO2. The minimum absolute atomic E-state index is 0.0562. The topological polar surface area (TPSA) is 72.9 Å². The maximum atomic E-state index is 13.0. The Morgan fingerprint density at radius 2 is 2.03 bits per heavy atom. The number of nitrogens with zero attached hydrogens (tertiary/aromatic N) is 1. The number of rotatable bonds is 2. The van der Waals surface area contributed by atoms with Crippen LogP contribution in [0.1, 0.15) is 33.5 Å². The summed E-state index contributed by atoms with van der Waals surface area (Å²) in [4.78, 5) is 15.0. The summed E-state index contributed by atoms with van der Waals surface area (Å²) in [5, 5.41) is 0.541. The van der Waals surface area contributed by atoms with Crippen LogP contribution in [0.2, 0.25) is 5.02 Å². The van der Waals surface area contributed by atoms with E-state index < -0.39 is 9.84 Å². The fourth-order valence-corrected chi connectivity index (χ4v) is 6.25. The lowest BCUT2D eigenvalue weighted by atomic mass is 9.99. The van der Waals surface area contributed by atoms with E-state index in [4.69, 9.17) is 21.1 Å². The second-order valence-electron chi connectivity index (χ2n) is 7.90. The summed E-state index contributed by atoms with van der Waals surface area (Å²) < 4.78 is 35.6. The molecule has 6 nitrogen and oxygen atoms in total. The Hall–Kier alpha value is -2.35. The van der Waals surface area contributed by atoms with Gasteiger partial charge in [-0.2, -0.15) is 0 Å². The molecule has 0 radical (unpaired) electrons. The maximum Gasteiger partial charge on any atom is 0.231 e. The normalized spacial score (nSPS) is 23.7.